The van der Waals surface area contributed by atoms with Gasteiger partial charge in [-0.2, -0.15) is 0 Å². The number of rotatable bonds is 2. The zero-order chi connectivity index (χ0) is 6.70. The molecule has 0 bridgehead atoms. The van der Waals surface area contributed by atoms with Gasteiger partial charge in [0.15, 0.2) is 0 Å². The van der Waals surface area contributed by atoms with E-state index in [4.69, 9.17) is 0 Å². The van der Waals surface area contributed by atoms with Crippen molar-refractivity contribution in [3.63, 3.8) is 0 Å². The molecule has 0 amide bonds. The third-order valence-electron chi connectivity index (χ3n) is 4.00. The van der Waals surface area contributed by atoms with Crippen LogP contribution in [0.15, 0.2) is 0 Å². The molecule has 2 aliphatic rings. The Morgan fingerprint density at radius 1 is 1.44 bits per heavy atom. The lowest BCUT2D eigenvalue weighted by molar-refractivity contribution is 0.315. The van der Waals surface area contributed by atoms with E-state index in [-0.39, 0.29) is 0 Å². The van der Waals surface area contributed by atoms with Crippen LogP contribution >= 0.6 is 0 Å². The first kappa shape index (κ1) is 5.76. The van der Waals surface area contributed by atoms with Gasteiger partial charge in [0.25, 0.3) is 0 Å². The molecular formula is C9H16. The third kappa shape index (κ3) is 0.426. The summed E-state index contributed by atoms with van der Waals surface area (Å²) < 4.78 is 0. The second-order valence-corrected chi connectivity index (χ2v) is 4.34. The fraction of sp³-hybridized carbons (Fsp3) is 1.00. The van der Waals surface area contributed by atoms with Gasteiger partial charge in [-0.15, -0.1) is 0 Å². The Kier molecular flexibility index (Phi) is 0.774. The summed E-state index contributed by atoms with van der Waals surface area (Å²) >= 11 is 0. The molecule has 9 heavy (non-hydrogen) atoms. The Morgan fingerprint density at radius 2 is 2.00 bits per heavy atom. The Morgan fingerprint density at radius 3 is 2.11 bits per heavy atom. The molecule has 0 aliphatic heterocycles. The van der Waals surface area contributed by atoms with Crippen molar-refractivity contribution in [1.29, 1.82) is 0 Å². The summed E-state index contributed by atoms with van der Waals surface area (Å²) in [5, 5.41) is 0. The topological polar surface area (TPSA) is 0 Å². The lowest BCUT2D eigenvalue weighted by Gasteiger charge is -2.18. The summed E-state index contributed by atoms with van der Waals surface area (Å²) in [6.07, 6.45) is 4.38. The van der Waals surface area contributed by atoms with Crippen molar-refractivity contribution in [2.45, 2.75) is 40.0 Å². The summed E-state index contributed by atoms with van der Waals surface area (Å²) in [5.74, 6) is 1.13. The van der Waals surface area contributed by atoms with Crippen molar-refractivity contribution in [2.24, 2.45) is 16.7 Å². The maximum atomic E-state index is 2.46. The van der Waals surface area contributed by atoms with Crippen LogP contribution in [-0.2, 0) is 0 Å². The molecule has 0 N–H and O–H groups in total. The van der Waals surface area contributed by atoms with Gasteiger partial charge in [-0.3, -0.25) is 0 Å². The minimum Gasteiger partial charge on any atom is -0.0654 e. The molecule has 0 spiro atoms. The Labute approximate surface area is 57.6 Å². The molecule has 2 aliphatic carbocycles. The van der Waals surface area contributed by atoms with E-state index in [0.29, 0.717) is 0 Å². The van der Waals surface area contributed by atoms with E-state index in [1.807, 2.05) is 0 Å². The average molecular weight is 124 g/mol. The quantitative estimate of drug-likeness (QED) is 0.531. The van der Waals surface area contributed by atoms with Crippen LogP contribution in [0.25, 0.3) is 0 Å². The van der Waals surface area contributed by atoms with E-state index in [2.05, 4.69) is 20.8 Å². The van der Waals surface area contributed by atoms with Crippen LogP contribution < -0.4 is 0 Å². The predicted octanol–water partition coefficient (Wildman–Crippen LogP) is 2.83. The van der Waals surface area contributed by atoms with E-state index in [9.17, 15) is 0 Å². The monoisotopic (exact) mass is 124 g/mol. The fourth-order valence-corrected chi connectivity index (χ4v) is 2.75. The van der Waals surface area contributed by atoms with Gasteiger partial charge in [-0.05, 0) is 29.6 Å². The molecule has 2 rings (SSSR count). The zero-order valence-corrected chi connectivity index (χ0v) is 6.70. The van der Waals surface area contributed by atoms with Gasteiger partial charge in [0.2, 0.25) is 0 Å². The van der Waals surface area contributed by atoms with E-state index in [1.165, 1.54) is 19.3 Å². The first-order valence-electron chi connectivity index (χ1n) is 4.15. The van der Waals surface area contributed by atoms with E-state index in [1.54, 1.807) is 0 Å². The smallest absolute Gasteiger partial charge is 0.0232 e. The molecule has 0 aromatic heterocycles. The maximum Gasteiger partial charge on any atom is -0.0232 e. The van der Waals surface area contributed by atoms with Crippen LogP contribution in [0.1, 0.15) is 40.0 Å². The van der Waals surface area contributed by atoms with Crippen LogP contribution in [0.4, 0.5) is 0 Å². The van der Waals surface area contributed by atoms with Gasteiger partial charge in [0, 0.05) is 0 Å². The predicted molar refractivity (Wildman–Crippen MR) is 39.2 cm³/mol. The molecule has 0 aromatic rings. The lowest BCUT2D eigenvalue weighted by atomic mass is 9.86. The highest BCUT2D eigenvalue weighted by atomic mass is 14.9. The van der Waals surface area contributed by atoms with Gasteiger partial charge >= 0.3 is 0 Å². The van der Waals surface area contributed by atoms with Crippen molar-refractivity contribution < 1.29 is 0 Å². The second kappa shape index (κ2) is 1.21. The van der Waals surface area contributed by atoms with Crippen LogP contribution in [0.5, 0.6) is 0 Å². The van der Waals surface area contributed by atoms with Crippen LogP contribution in [0.2, 0.25) is 0 Å². The van der Waals surface area contributed by atoms with Crippen LogP contribution in [0.3, 0.4) is 0 Å². The summed E-state index contributed by atoms with van der Waals surface area (Å²) in [4.78, 5) is 0. The highest BCUT2D eigenvalue weighted by Gasteiger charge is 2.82. The SMILES string of the molecule is CCCC1(C)C2CC21C. The summed E-state index contributed by atoms with van der Waals surface area (Å²) in [7, 11) is 0. The molecule has 2 saturated carbocycles. The third-order valence-corrected chi connectivity index (χ3v) is 4.00. The maximum absolute atomic E-state index is 2.46. The number of hydrogen-bond donors (Lipinski definition) is 0. The molecule has 3 atom stereocenters. The first-order chi connectivity index (χ1) is 4.15. The second-order valence-electron chi connectivity index (χ2n) is 4.34. The first-order valence-corrected chi connectivity index (χ1v) is 4.15. The highest BCUT2D eigenvalue weighted by molar-refractivity contribution is 5.30. The number of hydrogen-bond acceptors (Lipinski definition) is 0. The van der Waals surface area contributed by atoms with Crippen LogP contribution in [0, 0.1) is 16.7 Å². The summed E-state index contributed by atoms with van der Waals surface area (Å²) in [6.45, 7) is 7.21. The fourth-order valence-electron chi connectivity index (χ4n) is 2.75. The molecule has 0 saturated heterocycles. The normalized spacial score (nSPS) is 61.0. The Balaban J connectivity index is 2.00. The molecule has 0 heterocycles. The van der Waals surface area contributed by atoms with E-state index in [0.717, 1.165) is 16.7 Å². The van der Waals surface area contributed by atoms with Gasteiger partial charge in [-0.25, -0.2) is 0 Å². The highest BCUT2D eigenvalue weighted by Crippen LogP contribution is 2.88. The van der Waals surface area contributed by atoms with Gasteiger partial charge in [-0.1, -0.05) is 27.2 Å². The summed E-state index contributed by atoms with van der Waals surface area (Å²) in [5.41, 5.74) is 1.62. The lowest BCUT2D eigenvalue weighted by Crippen LogP contribution is -2.09. The molecule has 2 fully saturated rings. The molecule has 52 valence electrons. The Hall–Kier alpha value is 0. The zero-order valence-electron chi connectivity index (χ0n) is 6.70. The van der Waals surface area contributed by atoms with Crippen molar-refractivity contribution in [1.82, 2.24) is 0 Å². The van der Waals surface area contributed by atoms with Crippen molar-refractivity contribution in [2.75, 3.05) is 0 Å². The minimum absolute atomic E-state index is 0.793. The molecular weight excluding hydrogens is 108 g/mol. The van der Waals surface area contributed by atoms with Crippen LogP contribution in [-0.4, -0.2) is 0 Å². The molecule has 0 nitrogen and oxygen atoms in total. The van der Waals surface area contributed by atoms with Gasteiger partial charge in [0.1, 0.15) is 0 Å². The minimum atomic E-state index is 0.793. The van der Waals surface area contributed by atoms with Crippen molar-refractivity contribution in [3.05, 3.63) is 0 Å². The summed E-state index contributed by atoms with van der Waals surface area (Å²) in [6, 6.07) is 0. The van der Waals surface area contributed by atoms with Gasteiger partial charge in [0.05, 0.1) is 0 Å². The van der Waals surface area contributed by atoms with E-state index >= 15 is 0 Å². The molecule has 0 radical (unpaired) electrons. The largest absolute Gasteiger partial charge is 0.0654 e. The molecule has 3 unspecified atom stereocenters. The number of fused-ring (bicyclic) bond motifs is 1. The van der Waals surface area contributed by atoms with Crippen molar-refractivity contribution >= 4 is 0 Å². The Bertz CT molecular complexity index is 150. The molecule has 0 aromatic carbocycles. The molecule has 0 heteroatoms. The van der Waals surface area contributed by atoms with Gasteiger partial charge < -0.3 is 0 Å². The van der Waals surface area contributed by atoms with E-state index < -0.39 is 0 Å². The average Bonchev–Trinajstić information content (AvgIpc) is 2.56. The standard InChI is InChI=1S/C9H16/c1-4-5-8(2)7-6-9(7,8)3/h7H,4-6H2,1-3H3. The van der Waals surface area contributed by atoms with Crippen molar-refractivity contribution in [3.8, 4) is 0 Å².